The second-order valence-corrected chi connectivity index (χ2v) is 6.77. The quantitative estimate of drug-likeness (QED) is 0.649. The first-order chi connectivity index (χ1) is 12.6. The van der Waals surface area contributed by atoms with Gasteiger partial charge in [-0.05, 0) is 55.1 Å². The fourth-order valence-electron chi connectivity index (χ4n) is 2.16. The number of aromatic nitrogens is 2. The van der Waals surface area contributed by atoms with Gasteiger partial charge in [0.15, 0.2) is 0 Å². The number of hydrogen-bond donors (Lipinski definition) is 2. The van der Waals surface area contributed by atoms with E-state index in [0.717, 1.165) is 16.9 Å². The van der Waals surface area contributed by atoms with Gasteiger partial charge in [0.25, 0.3) is 5.89 Å². The summed E-state index contributed by atoms with van der Waals surface area (Å²) in [5.74, 6) is 0.954. The molecule has 0 aliphatic heterocycles. The van der Waals surface area contributed by atoms with Crippen LogP contribution >= 0.6 is 11.3 Å². The molecule has 6 nitrogen and oxygen atoms in total. The van der Waals surface area contributed by atoms with Crippen LogP contribution in [-0.4, -0.2) is 22.2 Å². The van der Waals surface area contributed by atoms with Gasteiger partial charge in [-0.3, -0.25) is 0 Å². The van der Waals surface area contributed by atoms with E-state index < -0.39 is 0 Å². The maximum absolute atomic E-state index is 11.8. The van der Waals surface area contributed by atoms with Crippen molar-refractivity contribution >= 4 is 35.2 Å². The molecule has 0 saturated carbocycles. The van der Waals surface area contributed by atoms with Crippen LogP contribution in [0.25, 0.3) is 23.5 Å². The number of nitrogens with one attached hydrogen (secondary N) is 2. The summed E-state index contributed by atoms with van der Waals surface area (Å²) < 4.78 is 5.25. The minimum Gasteiger partial charge on any atom is -0.335 e. The van der Waals surface area contributed by atoms with Gasteiger partial charge in [-0.25, -0.2) is 4.79 Å². The number of hydrogen-bond acceptors (Lipinski definition) is 5. The van der Waals surface area contributed by atoms with E-state index in [1.165, 1.54) is 0 Å². The number of urea groups is 1. The van der Waals surface area contributed by atoms with Crippen LogP contribution in [0, 0.1) is 0 Å². The maximum atomic E-state index is 11.8. The lowest BCUT2D eigenvalue weighted by Crippen LogP contribution is -2.35. The number of benzene rings is 1. The van der Waals surface area contributed by atoms with Crippen molar-refractivity contribution in [2.75, 3.05) is 5.32 Å². The number of rotatable bonds is 6. The molecule has 2 amide bonds. The SMILES string of the molecule is CC[C@@H](C)NC(=O)Nc1ccc(-c2noc(/C=C/c3cccs3)n2)cc1. The topological polar surface area (TPSA) is 80.0 Å². The van der Waals surface area contributed by atoms with Crippen LogP contribution in [0.4, 0.5) is 10.5 Å². The molecule has 0 aliphatic carbocycles. The van der Waals surface area contributed by atoms with E-state index in [0.29, 0.717) is 17.4 Å². The zero-order chi connectivity index (χ0) is 18.4. The van der Waals surface area contributed by atoms with Crippen LogP contribution in [0.3, 0.4) is 0 Å². The summed E-state index contributed by atoms with van der Waals surface area (Å²) in [4.78, 5) is 17.3. The summed E-state index contributed by atoms with van der Waals surface area (Å²) in [6, 6.07) is 11.2. The molecule has 0 unspecified atom stereocenters. The molecule has 1 atom stereocenters. The first kappa shape index (κ1) is 17.9. The van der Waals surface area contributed by atoms with Crippen LogP contribution in [0.1, 0.15) is 31.0 Å². The lowest BCUT2D eigenvalue weighted by molar-refractivity contribution is 0.249. The van der Waals surface area contributed by atoms with Gasteiger partial charge in [-0.2, -0.15) is 4.98 Å². The largest absolute Gasteiger partial charge is 0.335 e. The Labute approximate surface area is 155 Å². The van der Waals surface area contributed by atoms with E-state index >= 15 is 0 Å². The second-order valence-electron chi connectivity index (χ2n) is 5.79. The monoisotopic (exact) mass is 368 g/mol. The van der Waals surface area contributed by atoms with Gasteiger partial charge in [0.2, 0.25) is 5.82 Å². The average molecular weight is 368 g/mol. The van der Waals surface area contributed by atoms with Crippen LogP contribution < -0.4 is 10.6 Å². The molecule has 7 heteroatoms. The van der Waals surface area contributed by atoms with Crippen molar-refractivity contribution < 1.29 is 9.32 Å². The number of amides is 2. The normalized spacial score (nSPS) is 12.2. The van der Waals surface area contributed by atoms with E-state index in [9.17, 15) is 4.79 Å². The Morgan fingerprint density at radius 2 is 2.08 bits per heavy atom. The third kappa shape index (κ3) is 4.80. The third-order valence-electron chi connectivity index (χ3n) is 3.77. The Morgan fingerprint density at radius 3 is 2.77 bits per heavy atom. The van der Waals surface area contributed by atoms with Gasteiger partial charge < -0.3 is 15.2 Å². The molecule has 1 aromatic carbocycles. The van der Waals surface area contributed by atoms with Crippen molar-refractivity contribution in [3.05, 3.63) is 52.5 Å². The van der Waals surface area contributed by atoms with Crippen LogP contribution in [-0.2, 0) is 0 Å². The van der Waals surface area contributed by atoms with Gasteiger partial charge in [0.05, 0.1) is 0 Å². The van der Waals surface area contributed by atoms with E-state index in [1.807, 2.05) is 61.7 Å². The maximum Gasteiger partial charge on any atom is 0.319 e. The van der Waals surface area contributed by atoms with Crippen LogP contribution in [0.15, 0.2) is 46.3 Å². The average Bonchev–Trinajstić information content (AvgIpc) is 3.32. The number of thiophene rings is 1. The number of anilines is 1. The fraction of sp³-hybridized carbons (Fsp3) is 0.211. The van der Waals surface area contributed by atoms with Crippen molar-refractivity contribution in [1.82, 2.24) is 15.5 Å². The molecule has 3 rings (SSSR count). The molecule has 0 fully saturated rings. The van der Waals surface area contributed by atoms with Gasteiger partial charge >= 0.3 is 6.03 Å². The molecule has 3 aromatic rings. The van der Waals surface area contributed by atoms with Gasteiger partial charge in [-0.1, -0.05) is 18.1 Å². The van der Waals surface area contributed by atoms with Gasteiger partial charge in [0, 0.05) is 28.2 Å². The molecule has 0 radical (unpaired) electrons. The Balaban J connectivity index is 1.63. The minimum atomic E-state index is -0.215. The Morgan fingerprint density at radius 1 is 1.27 bits per heavy atom. The van der Waals surface area contributed by atoms with Crippen molar-refractivity contribution in [3.8, 4) is 11.4 Å². The Kier molecular flexibility index (Phi) is 5.80. The molecule has 2 aromatic heterocycles. The predicted molar refractivity (Wildman–Crippen MR) is 105 cm³/mol. The molecule has 0 aliphatic rings. The Bertz CT molecular complexity index is 869. The fourth-order valence-corrected chi connectivity index (χ4v) is 2.77. The minimum absolute atomic E-state index is 0.134. The van der Waals surface area contributed by atoms with E-state index in [4.69, 9.17) is 4.52 Å². The molecule has 2 N–H and O–H groups in total. The lowest BCUT2D eigenvalue weighted by Gasteiger charge is -2.12. The zero-order valence-electron chi connectivity index (χ0n) is 14.6. The standard InChI is InChI=1S/C19H20N4O2S/c1-3-13(2)20-19(24)21-15-8-6-14(7-9-15)18-22-17(25-23-18)11-10-16-5-4-12-26-16/h4-13H,3H2,1-2H3,(H2,20,21,24)/b11-10+/t13-/m1/s1. The van der Waals surface area contributed by atoms with Gasteiger partial charge in [0.1, 0.15) is 0 Å². The number of nitrogens with zero attached hydrogens (tertiary/aromatic N) is 2. The molecule has 26 heavy (non-hydrogen) atoms. The zero-order valence-corrected chi connectivity index (χ0v) is 15.4. The molecule has 0 bridgehead atoms. The highest BCUT2D eigenvalue weighted by molar-refractivity contribution is 7.10. The van der Waals surface area contributed by atoms with Crippen molar-refractivity contribution in [1.29, 1.82) is 0 Å². The van der Waals surface area contributed by atoms with Crippen LogP contribution in [0.2, 0.25) is 0 Å². The highest BCUT2D eigenvalue weighted by atomic mass is 32.1. The molecule has 0 saturated heterocycles. The summed E-state index contributed by atoms with van der Waals surface area (Å²) in [5.41, 5.74) is 1.52. The number of carbonyl (C=O) groups excluding carboxylic acids is 1. The predicted octanol–water partition coefficient (Wildman–Crippen LogP) is 4.89. The van der Waals surface area contributed by atoms with Crippen molar-refractivity contribution in [3.63, 3.8) is 0 Å². The van der Waals surface area contributed by atoms with Crippen LogP contribution in [0.5, 0.6) is 0 Å². The van der Waals surface area contributed by atoms with Gasteiger partial charge in [-0.15, -0.1) is 11.3 Å². The van der Waals surface area contributed by atoms with E-state index in [2.05, 4.69) is 20.8 Å². The highest BCUT2D eigenvalue weighted by Gasteiger charge is 2.08. The molecule has 0 spiro atoms. The smallest absolute Gasteiger partial charge is 0.319 e. The second kappa shape index (κ2) is 8.44. The number of carbonyl (C=O) groups is 1. The molecular formula is C19H20N4O2S. The summed E-state index contributed by atoms with van der Waals surface area (Å²) in [7, 11) is 0. The summed E-state index contributed by atoms with van der Waals surface area (Å²) in [5, 5.41) is 11.7. The van der Waals surface area contributed by atoms with Crippen molar-refractivity contribution in [2.45, 2.75) is 26.3 Å². The highest BCUT2D eigenvalue weighted by Crippen LogP contribution is 2.20. The first-order valence-corrected chi connectivity index (χ1v) is 9.25. The summed E-state index contributed by atoms with van der Waals surface area (Å²) >= 11 is 1.64. The summed E-state index contributed by atoms with van der Waals surface area (Å²) in [6.45, 7) is 3.98. The molecule has 134 valence electrons. The van der Waals surface area contributed by atoms with Crippen molar-refractivity contribution in [2.24, 2.45) is 0 Å². The lowest BCUT2D eigenvalue weighted by atomic mass is 10.2. The van der Waals surface area contributed by atoms with E-state index in [-0.39, 0.29) is 12.1 Å². The molecular weight excluding hydrogens is 348 g/mol. The summed E-state index contributed by atoms with van der Waals surface area (Å²) in [6.07, 6.45) is 4.61. The molecule has 2 heterocycles. The van der Waals surface area contributed by atoms with E-state index in [1.54, 1.807) is 17.4 Å². The first-order valence-electron chi connectivity index (χ1n) is 8.37. The Hall–Kier alpha value is -2.93. The third-order valence-corrected chi connectivity index (χ3v) is 4.60.